The molecule has 6 aliphatic heterocycles. The minimum absolute atomic E-state index is 0. The van der Waals surface area contributed by atoms with Crippen molar-refractivity contribution in [3.8, 4) is 0 Å². The molecule has 23 heteroatoms. The van der Waals surface area contributed by atoms with Gasteiger partial charge in [-0.1, -0.05) is 231 Å². The highest BCUT2D eigenvalue weighted by molar-refractivity contribution is 6.06. The summed E-state index contributed by atoms with van der Waals surface area (Å²) in [6, 6.07) is 29.9. The standard InChI is InChI=1S/3C15H19NO.3C14H18N2O.2C11H15N3O.C4H10.C2H6.CH4/c3*1-4-15-8-12(15)11-6-5-10(9(2)3)7-13(11)16-14(15)17;3*1-4-14-6-10(14)12-11(16-13(14)17)5-9(7-15-12)8(2)3;1-4-14-10-6-12-8(7(2)3)5-9(10)13-11(14)15;1-4-14-10-9(13-11(14)15)5-8(6-12-10)7(2)3;1-4(2)3;1-2;/h3*5-7,9,12H,4,8H2,1-3H3,(H,16,17);3*5,7-8,10H,4,6H2,1-3H3,(H,16,17);2*5-7H,4H2,1-3H3,(H,13,15);4H,1-3H3;1-2H3;1H4/t2*12-,15-;;2*10-,14-;;;;;;/m10.10....../s1. The summed E-state index contributed by atoms with van der Waals surface area (Å²) in [7, 11) is 0. The molecule has 6 aliphatic carbocycles. The number of amides is 6. The summed E-state index contributed by atoms with van der Waals surface area (Å²) in [6.45, 7) is 62.6. The van der Waals surface area contributed by atoms with Gasteiger partial charge >= 0.3 is 11.4 Å². The van der Waals surface area contributed by atoms with E-state index in [0.29, 0.717) is 95.9 Å². The summed E-state index contributed by atoms with van der Waals surface area (Å²) in [5.41, 5.74) is 25.4. The largest absolute Gasteiger partial charge is 0.327 e. The Morgan fingerprint density at radius 3 is 0.827 bits per heavy atom. The number of nitrogens with one attached hydrogen (secondary N) is 8. The van der Waals surface area contributed by atoms with Crippen LogP contribution in [0.2, 0.25) is 0 Å². The van der Waals surface area contributed by atoms with Crippen LogP contribution < -0.4 is 43.3 Å². The van der Waals surface area contributed by atoms with E-state index in [4.69, 9.17) is 0 Å². The number of hydrogen-bond acceptors (Lipinski definition) is 13. The third kappa shape index (κ3) is 20.7. The van der Waals surface area contributed by atoms with E-state index in [9.17, 15) is 38.4 Å². The Morgan fingerprint density at radius 2 is 0.547 bits per heavy atom. The first-order chi connectivity index (χ1) is 65.5. The van der Waals surface area contributed by atoms with E-state index >= 15 is 0 Å². The number of nitrogens with zero attached hydrogens (tertiary/aromatic N) is 7. The topological polar surface area (TPSA) is 315 Å². The molecule has 22 rings (SSSR count). The normalized spacial score (nSPS) is 24.5. The van der Waals surface area contributed by atoms with Gasteiger partial charge in [-0.3, -0.25) is 57.8 Å². The van der Waals surface area contributed by atoms with Crippen molar-refractivity contribution in [3.05, 3.63) is 215 Å². The molecule has 13 heterocycles. The maximum absolute atomic E-state index is 12.1. The molecule has 6 saturated carbocycles. The number of benzene rings is 3. The number of fused-ring (bicyclic) bond motifs is 20. The van der Waals surface area contributed by atoms with Crippen molar-refractivity contribution in [2.24, 2.45) is 38.4 Å². The lowest BCUT2D eigenvalue weighted by Crippen LogP contribution is -2.29. The lowest BCUT2D eigenvalue weighted by molar-refractivity contribution is -0.122. The van der Waals surface area contributed by atoms with Crippen LogP contribution in [-0.4, -0.2) is 79.5 Å². The van der Waals surface area contributed by atoms with Gasteiger partial charge in [-0.05, 0) is 248 Å². The van der Waals surface area contributed by atoms with E-state index in [-0.39, 0.29) is 86.7 Å². The second-order valence-corrected chi connectivity index (χ2v) is 43.6. The molecular weight excluding hydrogens is 1730 g/mol. The van der Waals surface area contributed by atoms with E-state index in [1.165, 1.54) is 50.1 Å². The van der Waals surface area contributed by atoms with Gasteiger partial charge in [0.15, 0.2) is 5.65 Å². The van der Waals surface area contributed by atoms with Crippen molar-refractivity contribution >= 4 is 91.8 Å². The average molecular weight is 1890 g/mol. The monoisotopic (exact) mass is 1890 g/mol. The summed E-state index contributed by atoms with van der Waals surface area (Å²) >= 11 is 0. The van der Waals surface area contributed by atoms with Gasteiger partial charge in [0.25, 0.3) is 0 Å². The van der Waals surface area contributed by atoms with Gasteiger partial charge in [0.1, 0.15) is 0 Å². The van der Waals surface area contributed by atoms with Crippen molar-refractivity contribution in [1.29, 1.82) is 0 Å². The smallest absolute Gasteiger partial charge is 0.325 e. The highest BCUT2D eigenvalue weighted by Gasteiger charge is 2.67. The van der Waals surface area contributed by atoms with Crippen molar-refractivity contribution in [1.82, 2.24) is 44.0 Å². The van der Waals surface area contributed by atoms with E-state index in [0.717, 1.165) is 168 Å². The molecule has 7 aromatic heterocycles. The number of hydrogen-bond donors (Lipinski definition) is 8. The van der Waals surface area contributed by atoms with Crippen molar-refractivity contribution in [2.45, 2.75) is 381 Å². The molecule has 748 valence electrons. The van der Waals surface area contributed by atoms with Crippen LogP contribution in [0.15, 0.2) is 126 Å². The van der Waals surface area contributed by atoms with Gasteiger partial charge in [-0.2, -0.15) is 0 Å². The quantitative estimate of drug-likeness (QED) is 0.0447. The molecule has 0 saturated heterocycles. The Morgan fingerprint density at radius 1 is 0.295 bits per heavy atom. The zero-order chi connectivity index (χ0) is 101. The molecule has 6 fully saturated rings. The molecule has 8 N–H and O–H groups in total. The highest BCUT2D eigenvalue weighted by atomic mass is 16.2. The fourth-order valence-electron chi connectivity index (χ4n) is 21.4. The van der Waals surface area contributed by atoms with Gasteiger partial charge in [0, 0.05) is 96.1 Å². The number of anilines is 6. The number of H-pyrrole nitrogens is 2. The Kier molecular flexibility index (Phi) is 32.4. The third-order valence-electron chi connectivity index (χ3n) is 31.8. The molecular formula is C116H161N15O8. The molecule has 10 aromatic rings. The SMILES string of the molecule is C.CC.CC(C)C.CCC12CC1c1ccc(C(C)C)cc1NC2=O.CCC12CC1c1ncc(C(C)C)cc1NC2=O.CC[C@@]12C[C@@H]1c1ccc(C(C)C)cc1NC2=O.CC[C@@]12C[C@@H]1c1ncc(C(C)C)cc1NC2=O.CC[C@]12C[C@H]1c1ccc(C(C)C)cc1NC2=O.CC[C@]12C[C@H]1c1ncc(C(C)C)cc1NC2=O.CCn1c(=O)[nH]c2cc(C(C)C)cnc21.CCn1c(=O)[nH]c2cc(C(C)C)ncc21. The molecule has 0 radical (unpaired) electrons. The summed E-state index contributed by atoms with van der Waals surface area (Å²) in [4.78, 5) is 124. The van der Waals surface area contributed by atoms with Crippen LogP contribution in [0.5, 0.6) is 0 Å². The number of aryl methyl sites for hydroxylation is 2. The molecule has 139 heavy (non-hydrogen) atoms. The highest BCUT2D eigenvalue weighted by Crippen LogP contribution is 2.70. The number of pyridine rings is 5. The van der Waals surface area contributed by atoms with Gasteiger partial charge in [0.2, 0.25) is 35.4 Å². The number of aromatic amines is 2. The summed E-state index contributed by atoms with van der Waals surface area (Å²) in [6.07, 6.45) is 21.1. The number of carbonyl (C=O) groups is 6. The van der Waals surface area contributed by atoms with Crippen LogP contribution in [0.25, 0.3) is 22.2 Å². The zero-order valence-corrected chi connectivity index (χ0v) is 87.9. The fraction of sp³-hybridized carbons (Fsp3) is 0.560. The minimum atomic E-state index is -0.140. The predicted molar refractivity (Wildman–Crippen MR) is 568 cm³/mol. The van der Waals surface area contributed by atoms with Gasteiger partial charge < -0.3 is 41.9 Å². The van der Waals surface area contributed by atoms with Crippen LogP contribution in [0.3, 0.4) is 0 Å². The van der Waals surface area contributed by atoms with Crippen LogP contribution in [0.1, 0.15) is 447 Å². The Bertz CT molecular complexity index is 5530. The Balaban J connectivity index is 0.000000141. The first-order valence-electron chi connectivity index (χ1n) is 52.0. The lowest BCUT2D eigenvalue weighted by Gasteiger charge is -2.24. The first kappa shape index (κ1) is 107. The van der Waals surface area contributed by atoms with Gasteiger partial charge in [-0.25, -0.2) is 14.6 Å². The van der Waals surface area contributed by atoms with E-state index in [2.05, 4.69) is 313 Å². The number of imidazole rings is 2. The molecule has 3 aromatic carbocycles. The van der Waals surface area contributed by atoms with E-state index < -0.39 is 0 Å². The Hall–Kier alpha value is -11.2. The third-order valence-corrected chi connectivity index (χ3v) is 31.8. The van der Waals surface area contributed by atoms with Crippen LogP contribution >= 0.6 is 0 Å². The minimum Gasteiger partial charge on any atom is -0.325 e. The Labute approximate surface area is 826 Å². The molecule has 0 bridgehead atoms. The fourth-order valence-corrected chi connectivity index (χ4v) is 21.4. The van der Waals surface area contributed by atoms with Gasteiger partial charge in [0.05, 0.1) is 89.4 Å². The summed E-state index contributed by atoms with van der Waals surface area (Å²) in [5, 5.41) is 18.4. The maximum atomic E-state index is 12.1. The van der Waals surface area contributed by atoms with Gasteiger partial charge in [-0.15, -0.1) is 0 Å². The van der Waals surface area contributed by atoms with Crippen molar-refractivity contribution < 1.29 is 28.8 Å². The number of aromatic nitrogens is 9. The lowest BCUT2D eigenvalue weighted by atomic mass is 9.89. The second kappa shape index (κ2) is 42.3. The van der Waals surface area contributed by atoms with Crippen molar-refractivity contribution in [2.75, 3.05) is 31.9 Å². The number of rotatable bonds is 16. The summed E-state index contributed by atoms with van der Waals surface area (Å²) in [5.74, 6) is 8.27. The van der Waals surface area contributed by atoms with Crippen molar-refractivity contribution in [3.63, 3.8) is 0 Å². The molecule has 0 spiro atoms. The van der Waals surface area contributed by atoms with E-state index in [1.54, 1.807) is 15.3 Å². The molecule has 4 unspecified atom stereocenters. The predicted octanol–water partition coefficient (Wildman–Crippen LogP) is 27.1. The molecule has 12 atom stereocenters. The van der Waals surface area contributed by atoms with Crippen LogP contribution in [0, 0.1) is 38.4 Å². The van der Waals surface area contributed by atoms with Crippen LogP contribution in [0.4, 0.5) is 34.1 Å². The molecule has 6 amide bonds. The first-order valence-corrected chi connectivity index (χ1v) is 52.0. The maximum Gasteiger partial charge on any atom is 0.327 e. The number of carbonyl (C=O) groups excluding carboxylic acids is 6. The van der Waals surface area contributed by atoms with E-state index in [1.807, 2.05) is 64.6 Å². The average Bonchev–Trinajstić information content (AvgIpc) is 1.57. The summed E-state index contributed by atoms with van der Waals surface area (Å²) < 4.78 is 3.33. The zero-order valence-electron chi connectivity index (χ0n) is 87.9. The molecule has 12 aliphatic rings. The second-order valence-electron chi connectivity index (χ2n) is 43.6. The van der Waals surface area contributed by atoms with Crippen LogP contribution in [-0.2, 0) is 41.9 Å². The molecule has 23 nitrogen and oxygen atoms in total.